The third kappa shape index (κ3) is 4.42. The van der Waals surface area contributed by atoms with Gasteiger partial charge in [-0.05, 0) is 45.7 Å². The lowest BCUT2D eigenvalue weighted by molar-refractivity contribution is 0.251. The van der Waals surface area contributed by atoms with E-state index in [1.165, 1.54) is 10.6 Å². The van der Waals surface area contributed by atoms with Crippen LogP contribution in [0.5, 0.6) is 5.75 Å². The monoisotopic (exact) mass is 517 g/mol. The van der Waals surface area contributed by atoms with Crippen LogP contribution in [0.4, 0.5) is 5.82 Å². The van der Waals surface area contributed by atoms with Gasteiger partial charge in [0.15, 0.2) is 5.65 Å². The summed E-state index contributed by atoms with van der Waals surface area (Å²) in [7, 11) is -3.37. The van der Waals surface area contributed by atoms with Crippen LogP contribution in [-0.2, 0) is 23.0 Å². The molecular formula is C23H28ClN7O3S. The van der Waals surface area contributed by atoms with Crippen molar-refractivity contribution in [3.8, 4) is 11.8 Å². The average molecular weight is 518 g/mol. The number of nitrogens with zero attached hydrogens (tertiary/aromatic N) is 6. The number of nitriles is 1. The molecule has 0 spiro atoms. The first-order chi connectivity index (χ1) is 16.6. The van der Waals surface area contributed by atoms with E-state index in [4.69, 9.17) is 22.1 Å². The molecular weight excluding hydrogens is 490 g/mol. The number of hydrogen-bond acceptors (Lipinski definition) is 8. The van der Waals surface area contributed by atoms with Crippen molar-refractivity contribution in [1.82, 2.24) is 24.1 Å². The third-order valence-corrected chi connectivity index (χ3v) is 8.79. The summed E-state index contributed by atoms with van der Waals surface area (Å²) < 4.78 is 34.4. The minimum atomic E-state index is -3.37. The number of aromatic nitrogens is 4. The van der Waals surface area contributed by atoms with Gasteiger partial charge >= 0.3 is 0 Å². The Labute approximate surface area is 209 Å². The number of benzene rings is 1. The van der Waals surface area contributed by atoms with Gasteiger partial charge in [0.2, 0.25) is 10.0 Å². The summed E-state index contributed by atoms with van der Waals surface area (Å²) in [5, 5.41) is 15.0. The Kier molecular flexibility index (Phi) is 6.90. The van der Waals surface area contributed by atoms with Gasteiger partial charge in [-0.15, -0.1) is 0 Å². The Morgan fingerprint density at radius 1 is 1.34 bits per heavy atom. The summed E-state index contributed by atoms with van der Waals surface area (Å²) >= 11 is 6.54. The maximum Gasteiger partial charge on any atom is 0.216 e. The first-order valence-electron chi connectivity index (χ1n) is 11.4. The fourth-order valence-electron chi connectivity index (χ4n) is 4.43. The van der Waals surface area contributed by atoms with Crippen molar-refractivity contribution in [3.63, 3.8) is 0 Å². The molecule has 0 bridgehead atoms. The van der Waals surface area contributed by atoms with Gasteiger partial charge in [-0.3, -0.25) is 0 Å². The summed E-state index contributed by atoms with van der Waals surface area (Å²) in [6.45, 7) is 8.48. The lowest BCUT2D eigenvalue weighted by Gasteiger charge is -2.40. The van der Waals surface area contributed by atoms with Crippen LogP contribution >= 0.6 is 11.6 Å². The number of sulfonamides is 1. The van der Waals surface area contributed by atoms with E-state index in [-0.39, 0.29) is 19.0 Å². The van der Waals surface area contributed by atoms with Gasteiger partial charge < -0.3 is 10.5 Å². The fraction of sp³-hybridized carbons (Fsp3) is 0.478. The lowest BCUT2D eigenvalue weighted by Crippen LogP contribution is -2.51. The number of nitrogen functional groups attached to an aromatic ring is 1. The molecule has 3 aromatic rings. The summed E-state index contributed by atoms with van der Waals surface area (Å²) in [4.78, 5) is 8.39. The zero-order chi connectivity index (χ0) is 25.5. The molecule has 1 aliphatic rings. The van der Waals surface area contributed by atoms with Crippen molar-refractivity contribution in [2.75, 3.05) is 25.4 Å². The second-order valence-corrected chi connectivity index (χ2v) is 11.7. The highest BCUT2D eigenvalue weighted by Gasteiger charge is 2.41. The van der Waals surface area contributed by atoms with E-state index in [2.05, 4.69) is 21.1 Å². The molecule has 1 aromatic carbocycles. The molecule has 1 saturated heterocycles. The molecule has 0 atom stereocenters. The quantitative estimate of drug-likeness (QED) is 0.480. The van der Waals surface area contributed by atoms with Crippen molar-refractivity contribution in [1.29, 1.82) is 5.26 Å². The summed E-state index contributed by atoms with van der Waals surface area (Å²) in [6, 6.07) is 3.94. The number of aryl methyl sites for hydroxylation is 3. The predicted octanol–water partition coefficient (Wildman–Crippen LogP) is 3.02. The van der Waals surface area contributed by atoms with Crippen LogP contribution in [-0.4, -0.2) is 57.4 Å². The SMILES string of the molecule is CCOc1c(CCn2nc(C)c3c(N)ncnc32)cc(Cl)c(C#N)c1C1CN(S(=O)(=O)C(C)C)C1. The van der Waals surface area contributed by atoms with Gasteiger partial charge in [-0.25, -0.2) is 27.4 Å². The maximum absolute atomic E-state index is 12.6. The Bertz CT molecular complexity index is 1420. The standard InChI is InChI=1S/C23H28ClN7O3S/c1-5-34-21-15(6-7-31-23-19(14(4)29-31)22(26)27-12-28-23)8-18(24)17(9-25)20(21)16-10-30(11-16)35(32,33)13(2)3/h8,12-13,16H,5-7,10-11H2,1-4H3,(H2,26,27,28). The van der Waals surface area contributed by atoms with Crippen LogP contribution in [0.2, 0.25) is 5.02 Å². The molecule has 3 heterocycles. The van der Waals surface area contributed by atoms with Gasteiger partial charge in [0.1, 0.15) is 24.0 Å². The van der Waals surface area contributed by atoms with Gasteiger partial charge in [-0.1, -0.05) is 11.6 Å². The number of hydrogen-bond donors (Lipinski definition) is 1. The minimum absolute atomic E-state index is 0.183. The predicted molar refractivity (Wildman–Crippen MR) is 134 cm³/mol. The van der Waals surface area contributed by atoms with E-state index < -0.39 is 15.3 Å². The third-order valence-electron chi connectivity index (χ3n) is 6.28. The highest BCUT2D eigenvalue weighted by Crippen LogP contribution is 2.42. The Balaban J connectivity index is 1.70. The largest absolute Gasteiger partial charge is 0.493 e. The van der Waals surface area contributed by atoms with E-state index in [1.54, 1.807) is 24.6 Å². The normalized spacial score (nSPS) is 14.9. The van der Waals surface area contributed by atoms with Crippen LogP contribution in [0, 0.1) is 18.3 Å². The summed E-state index contributed by atoms with van der Waals surface area (Å²) in [5.74, 6) is 0.781. The van der Waals surface area contributed by atoms with Crippen LogP contribution in [0.1, 0.15) is 49.1 Å². The lowest BCUT2D eigenvalue weighted by atomic mass is 9.87. The fourth-order valence-corrected chi connectivity index (χ4v) is 6.08. The van der Waals surface area contributed by atoms with Gasteiger partial charge in [0, 0.05) is 31.1 Å². The molecule has 10 nitrogen and oxygen atoms in total. The van der Waals surface area contributed by atoms with Crippen LogP contribution in [0.3, 0.4) is 0 Å². The van der Waals surface area contributed by atoms with E-state index in [0.717, 1.165) is 16.6 Å². The topological polar surface area (TPSA) is 140 Å². The first-order valence-corrected chi connectivity index (χ1v) is 13.3. The maximum atomic E-state index is 12.6. The highest BCUT2D eigenvalue weighted by atomic mass is 35.5. The van der Waals surface area contributed by atoms with E-state index in [1.807, 2.05) is 13.8 Å². The first kappa shape index (κ1) is 25.2. The zero-order valence-electron chi connectivity index (χ0n) is 20.1. The molecule has 0 radical (unpaired) electrons. The van der Waals surface area contributed by atoms with Crippen molar-refractivity contribution >= 4 is 38.5 Å². The molecule has 0 amide bonds. The molecule has 12 heteroatoms. The van der Waals surface area contributed by atoms with E-state index in [0.29, 0.717) is 52.9 Å². The minimum Gasteiger partial charge on any atom is -0.493 e. The smallest absolute Gasteiger partial charge is 0.216 e. The van der Waals surface area contributed by atoms with Crippen molar-refractivity contribution in [3.05, 3.63) is 39.8 Å². The number of rotatable bonds is 8. The molecule has 0 saturated carbocycles. The second kappa shape index (κ2) is 9.60. The van der Waals surface area contributed by atoms with Gasteiger partial charge in [0.05, 0.1) is 33.5 Å². The molecule has 2 aromatic heterocycles. The second-order valence-electron chi connectivity index (χ2n) is 8.80. The van der Waals surface area contributed by atoms with Crippen molar-refractivity contribution in [2.45, 2.75) is 51.8 Å². The van der Waals surface area contributed by atoms with Gasteiger partial charge in [-0.2, -0.15) is 10.4 Å². The molecule has 1 aliphatic heterocycles. The Morgan fingerprint density at radius 3 is 2.69 bits per heavy atom. The molecule has 186 valence electrons. The van der Waals surface area contributed by atoms with Crippen LogP contribution in [0.25, 0.3) is 11.0 Å². The number of ether oxygens (including phenoxy) is 1. The van der Waals surface area contributed by atoms with Gasteiger partial charge in [0.25, 0.3) is 0 Å². The van der Waals surface area contributed by atoms with E-state index in [9.17, 15) is 13.7 Å². The molecule has 0 unspecified atom stereocenters. The van der Waals surface area contributed by atoms with E-state index >= 15 is 0 Å². The zero-order valence-corrected chi connectivity index (χ0v) is 21.7. The molecule has 35 heavy (non-hydrogen) atoms. The molecule has 2 N–H and O–H groups in total. The summed E-state index contributed by atoms with van der Waals surface area (Å²) in [5.41, 5.74) is 9.20. The summed E-state index contributed by atoms with van der Waals surface area (Å²) in [6.07, 6.45) is 1.92. The molecule has 0 aliphatic carbocycles. The molecule has 1 fully saturated rings. The number of halogens is 1. The number of anilines is 1. The van der Waals surface area contributed by atoms with Crippen molar-refractivity contribution < 1.29 is 13.2 Å². The molecule has 4 rings (SSSR count). The number of fused-ring (bicyclic) bond motifs is 1. The van der Waals surface area contributed by atoms with Crippen molar-refractivity contribution in [2.24, 2.45) is 0 Å². The average Bonchev–Trinajstić information content (AvgIpc) is 3.09. The van der Waals surface area contributed by atoms with Crippen LogP contribution < -0.4 is 10.5 Å². The Hall–Kier alpha value is -2.94. The Morgan fingerprint density at radius 2 is 2.06 bits per heavy atom. The van der Waals surface area contributed by atoms with Crippen LogP contribution in [0.15, 0.2) is 12.4 Å². The highest BCUT2D eigenvalue weighted by molar-refractivity contribution is 7.89. The number of nitrogens with two attached hydrogens (primary N) is 1.